The van der Waals surface area contributed by atoms with Crippen LogP contribution < -0.4 is 10.2 Å². The van der Waals surface area contributed by atoms with Gasteiger partial charge >= 0.3 is 7.12 Å². The molecule has 0 radical (unpaired) electrons. The van der Waals surface area contributed by atoms with Crippen LogP contribution in [0.1, 0.15) is 12.8 Å². The average molecular weight is 222 g/mol. The smallest absolute Gasteiger partial charge is 0.488 e. The minimum absolute atomic E-state index is 0.197. The summed E-state index contributed by atoms with van der Waals surface area (Å²) in [4.78, 5) is 0. The molecule has 1 saturated heterocycles. The summed E-state index contributed by atoms with van der Waals surface area (Å²) in [6.07, 6.45) is 2.35. The topological polar surface area (TPSA) is 58.9 Å². The van der Waals surface area contributed by atoms with Crippen LogP contribution in [0.25, 0.3) is 0 Å². The highest BCUT2D eigenvalue weighted by molar-refractivity contribution is 6.58. The van der Waals surface area contributed by atoms with E-state index in [1.54, 1.807) is 24.3 Å². The molecule has 4 nitrogen and oxygen atoms in total. The minimum atomic E-state index is -1.42. The molecule has 1 heterocycles. The molecular formula is C11H15BO4. The second-order valence-corrected chi connectivity index (χ2v) is 3.89. The Morgan fingerprint density at radius 2 is 2.06 bits per heavy atom. The first-order chi connectivity index (χ1) is 7.75. The molecule has 0 aliphatic carbocycles. The van der Waals surface area contributed by atoms with Crippen LogP contribution in [-0.4, -0.2) is 36.5 Å². The van der Waals surface area contributed by atoms with Crippen LogP contribution in [-0.2, 0) is 4.74 Å². The first-order valence-electron chi connectivity index (χ1n) is 5.46. The van der Waals surface area contributed by atoms with Crippen LogP contribution in [0.15, 0.2) is 24.3 Å². The molecule has 16 heavy (non-hydrogen) atoms. The van der Waals surface area contributed by atoms with Crippen LogP contribution in [0.4, 0.5) is 0 Å². The highest BCUT2D eigenvalue weighted by atomic mass is 16.5. The van der Waals surface area contributed by atoms with Gasteiger partial charge in [-0.2, -0.15) is 0 Å². The Balaban J connectivity index is 1.84. The van der Waals surface area contributed by atoms with Gasteiger partial charge in [-0.05, 0) is 30.4 Å². The van der Waals surface area contributed by atoms with Gasteiger partial charge in [0.1, 0.15) is 12.4 Å². The Labute approximate surface area is 95.0 Å². The van der Waals surface area contributed by atoms with Crippen molar-refractivity contribution in [1.29, 1.82) is 0 Å². The predicted octanol–water partition coefficient (Wildman–Crippen LogP) is -0.0758. The van der Waals surface area contributed by atoms with Gasteiger partial charge in [0.15, 0.2) is 0 Å². The Morgan fingerprint density at radius 3 is 2.62 bits per heavy atom. The molecule has 1 aliphatic rings. The quantitative estimate of drug-likeness (QED) is 0.700. The highest BCUT2D eigenvalue weighted by Crippen LogP contribution is 2.14. The summed E-state index contributed by atoms with van der Waals surface area (Å²) in [5, 5.41) is 17.8. The maximum Gasteiger partial charge on any atom is 0.488 e. The monoisotopic (exact) mass is 222 g/mol. The van der Waals surface area contributed by atoms with Crippen molar-refractivity contribution < 1.29 is 19.5 Å². The van der Waals surface area contributed by atoms with Gasteiger partial charge in [0, 0.05) is 6.61 Å². The lowest BCUT2D eigenvalue weighted by molar-refractivity contribution is 0.0679. The third-order valence-electron chi connectivity index (χ3n) is 2.64. The molecule has 1 atom stereocenters. The van der Waals surface area contributed by atoms with Gasteiger partial charge in [-0.3, -0.25) is 0 Å². The van der Waals surface area contributed by atoms with Crippen LogP contribution in [0.3, 0.4) is 0 Å². The lowest BCUT2D eigenvalue weighted by Gasteiger charge is -2.11. The third kappa shape index (κ3) is 2.98. The molecule has 2 rings (SSSR count). The summed E-state index contributed by atoms with van der Waals surface area (Å²) in [6, 6.07) is 6.72. The van der Waals surface area contributed by atoms with E-state index in [0.29, 0.717) is 12.1 Å². The molecule has 1 aromatic rings. The van der Waals surface area contributed by atoms with E-state index < -0.39 is 7.12 Å². The zero-order valence-corrected chi connectivity index (χ0v) is 9.00. The van der Waals surface area contributed by atoms with Crippen molar-refractivity contribution in [2.75, 3.05) is 13.2 Å². The van der Waals surface area contributed by atoms with Crippen molar-refractivity contribution >= 4 is 12.6 Å². The van der Waals surface area contributed by atoms with Gasteiger partial charge < -0.3 is 19.5 Å². The summed E-state index contributed by atoms with van der Waals surface area (Å²) in [6.45, 7) is 1.38. The fourth-order valence-corrected chi connectivity index (χ4v) is 1.70. The zero-order chi connectivity index (χ0) is 11.4. The van der Waals surface area contributed by atoms with E-state index in [2.05, 4.69) is 0 Å². The van der Waals surface area contributed by atoms with E-state index in [0.717, 1.165) is 25.2 Å². The fraction of sp³-hybridized carbons (Fsp3) is 0.455. The Hall–Kier alpha value is -1.04. The molecule has 1 aromatic carbocycles. The summed E-state index contributed by atoms with van der Waals surface area (Å²) in [7, 11) is -1.42. The van der Waals surface area contributed by atoms with Crippen LogP contribution in [0.2, 0.25) is 0 Å². The number of hydrogen-bond donors (Lipinski definition) is 2. The van der Waals surface area contributed by atoms with Crippen molar-refractivity contribution in [2.24, 2.45) is 0 Å². The molecule has 2 N–H and O–H groups in total. The van der Waals surface area contributed by atoms with E-state index in [-0.39, 0.29) is 6.10 Å². The SMILES string of the molecule is OB(O)c1ccc(OCC2CCCO2)cc1. The molecule has 0 amide bonds. The molecule has 5 heteroatoms. The molecule has 0 spiro atoms. The van der Waals surface area contributed by atoms with Crippen LogP contribution in [0, 0.1) is 0 Å². The van der Waals surface area contributed by atoms with E-state index in [9.17, 15) is 0 Å². The molecule has 0 aromatic heterocycles. The van der Waals surface area contributed by atoms with Gasteiger partial charge in [0.25, 0.3) is 0 Å². The van der Waals surface area contributed by atoms with E-state index in [1.165, 1.54) is 0 Å². The van der Waals surface area contributed by atoms with E-state index in [4.69, 9.17) is 19.5 Å². The van der Waals surface area contributed by atoms with Crippen molar-refractivity contribution in [3.05, 3.63) is 24.3 Å². The number of hydrogen-bond acceptors (Lipinski definition) is 4. The lowest BCUT2D eigenvalue weighted by atomic mass is 9.80. The van der Waals surface area contributed by atoms with Crippen LogP contribution in [0.5, 0.6) is 5.75 Å². The average Bonchev–Trinajstić information content (AvgIpc) is 2.80. The fourth-order valence-electron chi connectivity index (χ4n) is 1.70. The summed E-state index contributed by atoms with van der Waals surface area (Å²) in [5.41, 5.74) is 0.462. The van der Waals surface area contributed by atoms with E-state index in [1.807, 2.05) is 0 Å². The molecular weight excluding hydrogens is 207 g/mol. The largest absolute Gasteiger partial charge is 0.491 e. The molecule has 1 unspecified atom stereocenters. The number of ether oxygens (including phenoxy) is 2. The zero-order valence-electron chi connectivity index (χ0n) is 9.00. The molecule has 0 saturated carbocycles. The summed E-state index contributed by atoms with van der Waals surface area (Å²) in [5.74, 6) is 0.722. The van der Waals surface area contributed by atoms with E-state index >= 15 is 0 Å². The van der Waals surface area contributed by atoms with Gasteiger partial charge in [-0.15, -0.1) is 0 Å². The molecule has 0 bridgehead atoms. The first kappa shape index (κ1) is 11.5. The minimum Gasteiger partial charge on any atom is -0.491 e. The second-order valence-electron chi connectivity index (χ2n) is 3.89. The van der Waals surface area contributed by atoms with Crippen LogP contribution >= 0.6 is 0 Å². The lowest BCUT2D eigenvalue weighted by Crippen LogP contribution is -2.29. The van der Waals surface area contributed by atoms with Gasteiger partial charge in [-0.25, -0.2) is 0 Å². The van der Waals surface area contributed by atoms with Gasteiger partial charge in [0.05, 0.1) is 6.10 Å². The Morgan fingerprint density at radius 1 is 1.31 bits per heavy atom. The number of rotatable bonds is 4. The maximum atomic E-state index is 8.91. The number of benzene rings is 1. The molecule has 1 fully saturated rings. The molecule has 1 aliphatic heterocycles. The predicted molar refractivity (Wildman–Crippen MR) is 60.7 cm³/mol. The van der Waals surface area contributed by atoms with Gasteiger partial charge in [0.2, 0.25) is 0 Å². The van der Waals surface area contributed by atoms with Crippen molar-refractivity contribution in [3.8, 4) is 5.75 Å². The maximum absolute atomic E-state index is 8.91. The van der Waals surface area contributed by atoms with Crippen molar-refractivity contribution in [2.45, 2.75) is 18.9 Å². The first-order valence-corrected chi connectivity index (χ1v) is 5.46. The Kier molecular flexibility index (Phi) is 3.82. The normalized spacial score (nSPS) is 19.8. The Bertz CT molecular complexity index is 319. The summed E-state index contributed by atoms with van der Waals surface area (Å²) < 4.78 is 11.0. The summed E-state index contributed by atoms with van der Waals surface area (Å²) >= 11 is 0. The standard InChI is InChI=1S/C11H15BO4/c13-12(14)9-3-5-10(6-4-9)16-8-11-2-1-7-15-11/h3-6,11,13-14H,1-2,7-8H2. The second kappa shape index (κ2) is 5.34. The van der Waals surface area contributed by atoms with Gasteiger partial charge in [-0.1, -0.05) is 12.1 Å². The third-order valence-corrected chi connectivity index (χ3v) is 2.64. The van der Waals surface area contributed by atoms with Crippen molar-refractivity contribution in [3.63, 3.8) is 0 Å². The molecule has 86 valence electrons. The van der Waals surface area contributed by atoms with Crippen molar-refractivity contribution in [1.82, 2.24) is 0 Å². The highest BCUT2D eigenvalue weighted by Gasteiger charge is 2.16.